The van der Waals surface area contributed by atoms with Crippen molar-refractivity contribution < 1.29 is 19.3 Å². The van der Waals surface area contributed by atoms with E-state index in [4.69, 9.17) is 14.2 Å². The van der Waals surface area contributed by atoms with Crippen LogP contribution in [0.15, 0.2) is 72.8 Å². The topological polar surface area (TPSA) is 51.2 Å². The number of piperidine rings is 1. The molecule has 0 bridgehead atoms. The van der Waals surface area contributed by atoms with Crippen molar-refractivity contribution in [2.45, 2.75) is 31.5 Å². The Morgan fingerprint density at radius 3 is 2.75 bits per heavy atom. The van der Waals surface area contributed by atoms with Crippen LogP contribution in [0.3, 0.4) is 0 Å². The number of nitrogens with zero attached hydrogens (tertiary/aromatic N) is 1. The molecule has 0 aliphatic carbocycles. The second-order valence-electron chi connectivity index (χ2n) is 8.60. The summed E-state index contributed by atoms with van der Waals surface area (Å²) in [5.41, 5.74) is 2.32. The minimum atomic E-state index is -0.0492. The molecule has 0 saturated carbocycles. The molecule has 32 heavy (non-hydrogen) atoms. The van der Waals surface area contributed by atoms with Crippen LogP contribution in [0, 0.1) is 0 Å². The van der Waals surface area contributed by atoms with Gasteiger partial charge in [-0.1, -0.05) is 48.5 Å². The number of benzene rings is 3. The molecule has 1 saturated heterocycles. The van der Waals surface area contributed by atoms with Crippen LogP contribution in [0.2, 0.25) is 0 Å². The zero-order valence-electron chi connectivity index (χ0n) is 18.2. The third-order valence-electron chi connectivity index (χ3n) is 6.20. The van der Waals surface area contributed by atoms with Crippen LogP contribution in [0.4, 0.5) is 0 Å². The Kier molecular flexibility index (Phi) is 6.17. The first-order chi connectivity index (χ1) is 15.7. The van der Waals surface area contributed by atoms with Crippen LogP contribution < -0.4 is 14.2 Å². The molecular formula is C27H29NO4. The van der Waals surface area contributed by atoms with Gasteiger partial charge in [-0.05, 0) is 60.7 Å². The number of hydrogen-bond acceptors (Lipinski definition) is 5. The van der Waals surface area contributed by atoms with Gasteiger partial charge in [0.1, 0.15) is 25.1 Å². The molecule has 2 aliphatic rings. The zero-order chi connectivity index (χ0) is 21.8. The van der Waals surface area contributed by atoms with Gasteiger partial charge >= 0.3 is 0 Å². The van der Waals surface area contributed by atoms with Gasteiger partial charge in [-0.25, -0.2) is 0 Å². The predicted octanol–water partition coefficient (Wildman–Crippen LogP) is 4.99. The van der Waals surface area contributed by atoms with Crippen molar-refractivity contribution in [3.8, 4) is 23.0 Å². The van der Waals surface area contributed by atoms with E-state index in [1.807, 2.05) is 48.5 Å². The highest BCUT2D eigenvalue weighted by Crippen LogP contribution is 2.41. The highest BCUT2D eigenvalue weighted by Gasteiger charge is 2.29. The summed E-state index contributed by atoms with van der Waals surface area (Å²) in [6, 6.07) is 23.6. The van der Waals surface area contributed by atoms with Crippen molar-refractivity contribution in [3.05, 3.63) is 83.9 Å². The smallest absolute Gasteiger partial charge is 0.204 e. The van der Waals surface area contributed by atoms with Crippen LogP contribution in [-0.2, 0) is 6.61 Å². The van der Waals surface area contributed by atoms with Crippen molar-refractivity contribution in [3.63, 3.8) is 0 Å². The van der Waals surface area contributed by atoms with E-state index in [-0.39, 0.29) is 6.10 Å². The average Bonchev–Trinajstić information content (AvgIpc) is 2.83. The summed E-state index contributed by atoms with van der Waals surface area (Å²) >= 11 is 0. The van der Waals surface area contributed by atoms with Crippen molar-refractivity contribution in [1.82, 2.24) is 4.90 Å². The quantitative estimate of drug-likeness (QED) is 0.596. The number of hydrogen-bond donors (Lipinski definition) is 1. The first kappa shape index (κ1) is 20.7. The van der Waals surface area contributed by atoms with Crippen molar-refractivity contribution in [1.29, 1.82) is 0 Å². The number of likely N-dealkylation sites (tertiary alicyclic amines) is 1. The molecule has 0 aromatic heterocycles. The second-order valence-corrected chi connectivity index (χ2v) is 8.60. The highest BCUT2D eigenvalue weighted by molar-refractivity contribution is 5.52. The third kappa shape index (κ3) is 4.83. The predicted molar refractivity (Wildman–Crippen MR) is 124 cm³/mol. The highest BCUT2D eigenvalue weighted by atomic mass is 16.6. The van der Waals surface area contributed by atoms with E-state index < -0.39 is 0 Å². The van der Waals surface area contributed by atoms with Crippen LogP contribution >= 0.6 is 0 Å². The first-order valence-electron chi connectivity index (χ1n) is 11.3. The third-order valence-corrected chi connectivity index (χ3v) is 6.20. The van der Waals surface area contributed by atoms with E-state index in [0.717, 1.165) is 43.8 Å². The normalized spacial score (nSPS) is 20.6. The lowest BCUT2D eigenvalue weighted by atomic mass is 9.90. The Balaban J connectivity index is 1.23. The molecule has 0 amide bonds. The molecule has 2 heterocycles. The Morgan fingerprint density at radius 1 is 1.00 bits per heavy atom. The molecule has 5 nitrogen and oxygen atoms in total. The van der Waals surface area contributed by atoms with Crippen LogP contribution in [0.5, 0.6) is 23.0 Å². The number of rotatable bonds is 6. The Labute approximate surface area is 189 Å². The van der Waals surface area contributed by atoms with Gasteiger partial charge < -0.3 is 19.3 Å². The van der Waals surface area contributed by atoms with Crippen molar-refractivity contribution in [2.24, 2.45) is 0 Å². The molecule has 0 radical (unpaired) electrons. The molecule has 1 N–H and O–H groups in total. The van der Waals surface area contributed by atoms with Gasteiger partial charge in [-0.2, -0.15) is 0 Å². The molecule has 166 valence electrons. The minimum absolute atomic E-state index is 0.0492. The fourth-order valence-electron chi connectivity index (χ4n) is 4.61. The summed E-state index contributed by atoms with van der Waals surface area (Å²) in [5, 5.41) is 9.84. The Bertz CT molecular complexity index is 1040. The largest absolute Gasteiger partial charge is 0.508 e. The molecular weight excluding hydrogens is 402 g/mol. The van der Waals surface area contributed by atoms with Crippen LogP contribution in [0.25, 0.3) is 0 Å². The van der Waals surface area contributed by atoms with E-state index in [9.17, 15) is 5.11 Å². The number of phenolic OH excluding ortho intramolecular Hbond substituents is 1. The van der Waals surface area contributed by atoms with Crippen molar-refractivity contribution in [2.75, 3.05) is 26.2 Å². The fourth-order valence-corrected chi connectivity index (χ4v) is 4.61. The summed E-state index contributed by atoms with van der Waals surface area (Å²) in [7, 11) is 0. The van der Waals surface area contributed by atoms with Gasteiger partial charge in [0.2, 0.25) is 5.75 Å². The summed E-state index contributed by atoms with van der Waals surface area (Å²) in [6.07, 6.45) is 2.23. The molecule has 1 fully saturated rings. The van der Waals surface area contributed by atoms with Gasteiger partial charge in [0.05, 0.1) is 0 Å². The maximum atomic E-state index is 9.84. The van der Waals surface area contributed by atoms with Crippen LogP contribution in [-0.4, -0.2) is 42.4 Å². The lowest BCUT2D eigenvalue weighted by molar-refractivity contribution is 0.0470. The summed E-state index contributed by atoms with van der Waals surface area (Å²) in [4.78, 5) is 2.45. The van der Waals surface area contributed by atoms with Gasteiger partial charge in [0, 0.05) is 13.1 Å². The maximum absolute atomic E-state index is 9.84. The fraction of sp³-hybridized carbons (Fsp3) is 0.333. The van der Waals surface area contributed by atoms with E-state index in [0.29, 0.717) is 36.4 Å². The standard InChI is InChI=1S/C27H29NO4/c29-23-11-4-9-21(15-23)22-10-6-14-28(16-22)17-24-19-31-26-13-5-12-25(27(26)32-24)30-18-20-7-2-1-3-8-20/h1-5,7-9,11-13,15,22,24,29H,6,10,14,16-19H2. The number of fused-ring (bicyclic) bond motifs is 1. The van der Waals surface area contributed by atoms with E-state index >= 15 is 0 Å². The lowest BCUT2D eigenvalue weighted by Gasteiger charge is -2.36. The zero-order valence-corrected chi connectivity index (χ0v) is 18.2. The SMILES string of the molecule is Oc1cccc(C2CCCN(CC3COc4cccc(OCc5ccccc5)c4O3)C2)c1. The van der Waals surface area contributed by atoms with Gasteiger partial charge in [-0.15, -0.1) is 0 Å². The molecule has 3 aromatic rings. The van der Waals surface area contributed by atoms with Gasteiger partial charge in [0.15, 0.2) is 11.5 Å². The Morgan fingerprint density at radius 2 is 1.88 bits per heavy atom. The second kappa shape index (κ2) is 9.53. The maximum Gasteiger partial charge on any atom is 0.204 e. The van der Waals surface area contributed by atoms with Gasteiger partial charge in [-0.3, -0.25) is 4.90 Å². The summed E-state index contributed by atoms with van der Waals surface area (Å²) in [5.74, 6) is 2.91. The molecule has 5 rings (SSSR count). The molecule has 5 heteroatoms. The number of ether oxygens (including phenoxy) is 3. The summed E-state index contributed by atoms with van der Waals surface area (Å²) < 4.78 is 18.5. The molecule has 2 unspecified atom stereocenters. The summed E-state index contributed by atoms with van der Waals surface area (Å²) in [6.45, 7) is 3.84. The molecule has 3 aromatic carbocycles. The van der Waals surface area contributed by atoms with Crippen molar-refractivity contribution >= 4 is 0 Å². The monoisotopic (exact) mass is 431 g/mol. The number of phenols is 1. The first-order valence-corrected chi connectivity index (χ1v) is 11.3. The average molecular weight is 432 g/mol. The van der Waals surface area contributed by atoms with E-state index in [1.54, 1.807) is 6.07 Å². The lowest BCUT2D eigenvalue weighted by Crippen LogP contribution is -2.44. The molecule has 2 aliphatic heterocycles. The van der Waals surface area contributed by atoms with E-state index in [2.05, 4.69) is 23.1 Å². The Hall–Kier alpha value is -3.18. The van der Waals surface area contributed by atoms with Crippen LogP contribution in [0.1, 0.15) is 29.9 Å². The molecule has 2 atom stereocenters. The van der Waals surface area contributed by atoms with Gasteiger partial charge in [0.25, 0.3) is 0 Å². The number of aromatic hydroxyl groups is 1. The minimum Gasteiger partial charge on any atom is -0.508 e. The number of para-hydroxylation sites is 1. The molecule has 0 spiro atoms. The van der Waals surface area contributed by atoms with E-state index in [1.165, 1.54) is 5.56 Å².